The maximum absolute atomic E-state index is 12.7. The molecule has 34 heavy (non-hydrogen) atoms. The van der Waals surface area contributed by atoms with Gasteiger partial charge in [0.05, 0.1) is 4.90 Å². The van der Waals surface area contributed by atoms with Crippen molar-refractivity contribution in [3.63, 3.8) is 0 Å². The Kier molecular flexibility index (Phi) is 7.21. The summed E-state index contributed by atoms with van der Waals surface area (Å²) < 4.78 is 27.9. The second-order valence-corrected chi connectivity index (χ2v) is 10.3. The van der Waals surface area contributed by atoms with Crippen LogP contribution in [-0.2, 0) is 14.8 Å². The van der Waals surface area contributed by atoms with Gasteiger partial charge in [0.1, 0.15) is 5.82 Å². The standard InChI is InChI=1S/C24H27N5O4S/c1-16-6-5-7-21(25-16)28-23(31)27-18-12-14-20(15-13-18)34(32,33)29-19-10-8-17(9-11-19)26-22(30)24(2,3)4/h5-15,29H,1-4H3,(H,26,30)(H2,25,27,28,31). The molecule has 4 N–H and O–H groups in total. The summed E-state index contributed by atoms with van der Waals surface area (Å²) in [4.78, 5) is 28.4. The van der Waals surface area contributed by atoms with E-state index in [1.807, 2.05) is 13.0 Å². The highest BCUT2D eigenvalue weighted by Crippen LogP contribution is 2.22. The molecule has 2 aromatic carbocycles. The number of aryl methyl sites for hydroxylation is 1. The molecular formula is C24H27N5O4S. The number of nitrogens with one attached hydrogen (secondary N) is 4. The number of urea groups is 1. The molecule has 0 aliphatic carbocycles. The summed E-state index contributed by atoms with van der Waals surface area (Å²) in [5, 5.41) is 8.03. The lowest BCUT2D eigenvalue weighted by Gasteiger charge is -2.17. The molecule has 0 unspecified atom stereocenters. The summed E-state index contributed by atoms with van der Waals surface area (Å²) in [6.45, 7) is 7.23. The number of hydrogen-bond donors (Lipinski definition) is 4. The maximum Gasteiger partial charge on any atom is 0.324 e. The number of rotatable bonds is 6. The van der Waals surface area contributed by atoms with Crippen molar-refractivity contribution in [3.8, 4) is 0 Å². The predicted octanol–water partition coefficient (Wildman–Crippen LogP) is 4.82. The van der Waals surface area contributed by atoms with Crippen LogP contribution in [0.4, 0.5) is 27.7 Å². The molecule has 178 valence electrons. The zero-order chi connectivity index (χ0) is 24.9. The lowest BCUT2D eigenvalue weighted by Crippen LogP contribution is -2.27. The van der Waals surface area contributed by atoms with Crippen molar-refractivity contribution in [1.29, 1.82) is 0 Å². The van der Waals surface area contributed by atoms with Crippen molar-refractivity contribution in [2.45, 2.75) is 32.6 Å². The minimum Gasteiger partial charge on any atom is -0.326 e. The van der Waals surface area contributed by atoms with Gasteiger partial charge in [-0.2, -0.15) is 0 Å². The van der Waals surface area contributed by atoms with Gasteiger partial charge in [0.25, 0.3) is 10.0 Å². The third-order valence-corrected chi connectivity index (χ3v) is 6.03. The van der Waals surface area contributed by atoms with E-state index in [0.717, 1.165) is 5.69 Å². The smallest absolute Gasteiger partial charge is 0.324 e. The second kappa shape index (κ2) is 9.92. The minimum atomic E-state index is -3.85. The molecule has 3 rings (SSSR count). The van der Waals surface area contributed by atoms with Gasteiger partial charge in [-0.25, -0.2) is 18.2 Å². The van der Waals surface area contributed by atoms with Gasteiger partial charge in [-0.1, -0.05) is 26.8 Å². The van der Waals surface area contributed by atoms with Crippen LogP contribution in [0.5, 0.6) is 0 Å². The van der Waals surface area contributed by atoms with Crippen LogP contribution in [-0.4, -0.2) is 25.3 Å². The molecule has 3 amide bonds. The van der Waals surface area contributed by atoms with Crippen molar-refractivity contribution in [1.82, 2.24) is 4.98 Å². The highest BCUT2D eigenvalue weighted by molar-refractivity contribution is 7.92. The molecule has 0 radical (unpaired) electrons. The molecule has 0 saturated heterocycles. The first-order chi connectivity index (χ1) is 15.9. The molecule has 1 heterocycles. The summed E-state index contributed by atoms with van der Waals surface area (Å²) in [6.07, 6.45) is 0. The number of aromatic nitrogens is 1. The molecule has 0 aliphatic rings. The first-order valence-electron chi connectivity index (χ1n) is 10.5. The SMILES string of the molecule is Cc1cccc(NC(=O)Nc2ccc(S(=O)(=O)Nc3ccc(NC(=O)C(C)(C)C)cc3)cc2)n1. The Balaban J connectivity index is 1.61. The number of nitrogens with zero attached hydrogens (tertiary/aromatic N) is 1. The topological polar surface area (TPSA) is 129 Å². The van der Waals surface area contributed by atoms with E-state index in [2.05, 4.69) is 25.7 Å². The molecule has 3 aromatic rings. The quantitative estimate of drug-likeness (QED) is 0.401. The molecule has 0 fully saturated rings. The average molecular weight is 482 g/mol. The molecular weight excluding hydrogens is 454 g/mol. The van der Waals surface area contributed by atoms with Gasteiger partial charge >= 0.3 is 6.03 Å². The van der Waals surface area contributed by atoms with E-state index in [1.54, 1.807) is 57.2 Å². The molecule has 10 heteroatoms. The number of carbonyl (C=O) groups is 2. The van der Waals surface area contributed by atoms with Crippen molar-refractivity contribution < 1.29 is 18.0 Å². The third-order valence-electron chi connectivity index (χ3n) is 4.63. The molecule has 0 aliphatic heterocycles. The highest BCUT2D eigenvalue weighted by atomic mass is 32.2. The van der Waals surface area contributed by atoms with Crippen molar-refractivity contribution in [2.24, 2.45) is 5.41 Å². The minimum absolute atomic E-state index is 0.0314. The van der Waals surface area contributed by atoms with Crippen LogP contribution in [0.3, 0.4) is 0 Å². The summed E-state index contributed by atoms with van der Waals surface area (Å²) in [7, 11) is -3.85. The number of amides is 3. The van der Waals surface area contributed by atoms with Gasteiger partial charge in [0, 0.05) is 28.2 Å². The fraction of sp³-hybridized carbons (Fsp3) is 0.208. The molecule has 0 bridgehead atoms. The largest absolute Gasteiger partial charge is 0.326 e. The molecule has 1 aromatic heterocycles. The van der Waals surface area contributed by atoms with E-state index in [4.69, 9.17) is 0 Å². The van der Waals surface area contributed by atoms with E-state index in [1.165, 1.54) is 24.3 Å². The number of hydrogen-bond acceptors (Lipinski definition) is 5. The Morgan fingerprint density at radius 2 is 1.32 bits per heavy atom. The summed E-state index contributed by atoms with van der Waals surface area (Å²) in [5.41, 5.74) is 1.56. The van der Waals surface area contributed by atoms with Crippen molar-refractivity contribution in [3.05, 3.63) is 72.4 Å². The Labute approximate surface area is 199 Å². The Morgan fingerprint density at radius 1 is 0.765 bits per heavy atom. The lowest BCUT2D eigenvalue weighted by molar-refractivity contribution is -0.123. The first-order valence-corrected chi connectivity index (χ1v) is 12.0. The van der Waals surface area contributed by atoms with Crippen LogP contribution in [0.25, 0.3) is 0 Å². The van der Waals surface area contributed by atoms with E-state index in [-0.39, 0.29) is 10.8 Å². The van der Waals surface area contributed by atoms with Gasteiger partial charge in [-0.05, 0) is 67.6 Å². The third kappa shape index (κ3) is 6.79. The molecule has 0 atom stereocenters. The van der Waals surface area contributed by atoms with E-state index in [0.29, 0.717) is 22.9 Å². The second-order valence-electron chi connectivity index (χ2n) is 8.65. The number of pyridine rings is 1. The summed E-state index contributed by atoms with van der Waals surface area (Å²) in [6, 6.07) is 16.9. The lowest BCUT2D eigenvalue weighted by atomic mass is 9.95. The van der Waals surface area contributed by atoms with Crippen LogP contribution in [0.2, 0.25) is 0 Å². The Hall–Kier alpha value is -3.92. The Bertz CT molecular complexity index is 1280. The zero-order valence-corrected chi connectivity index (χ0v) is 20.2. The number of sulfonamides is 1. The van der Waals surface area contributed by atoms with E-state index in [9.17, 15) is 18.0 Å². The van der Waals surface area contributed by atoms with Crippen LogP contribution >= 0.6 is 0 Å². The Morgan fingerprint density at radius 3 is 1.91 bits per heavy atom. The molecule has 9 nitrogen and oxygen atoms in total. The molecule has 0 spiro atoms. The van der Waals surface area contributed by atoms with Crippen LogP contribution in [0.15, 0.2) is 71.6 Å². The maximum atomic E-state index is 12.7. The summed E-state index contributed by atoms with van der Waals surface area (Å²) >= 11 is 0. The van der Waals surface area contributed by atoms with Crippen molar-refractivity contribution in [2.75, 3.05) is 20.7 Å². The molecule has 0 saturated carbocycles. The predicted molar refractivity (Wildman–Crippen MR) is 133 cm³/mol. The van der Waals surface area contributed by atoms with Gasteiger partial charge in [-0.3, -0.25) is 14.8 Å². The fourth-order valence-corrected chi connectivity index (χ4v) is 3.82. The summed E-state index contributed by atoms with van der Waals surface area (Å²) in [5.74, 6) is 0.267. The van der Waals surface area contributed by atoms with Gasteiger partial charge in [0.15, 0.2) is 0 Å². The monoisotopic (exact) mass is 481 g/mol. The van der Waals surface area contributed by atoms with Gasteiger partial charge in [-0.15, -0.1) is 0 Å². The van der Waals surface area contributed by atoms with Crippen molar-refractivity contribution >= 4 is 44.8 Å². The average Bonchev–Trinajstić information content (AvgIpc) is 2.74. The zero-order valence-electron chi connectivity index (χ0n) is 19.3. The van der Waals surface area contributed by atoms with Crippen LogP contribution < -0.4 is 20.7 Å². The first kappa shape index (κ1) is 24.7. The number of anilines is 4. The number of benzene rings is 2. The van der Waals surface area contributed by atoms with Gasteiger partial charge in [0.2, 0.25) is 5.91 Å². The van der Waals surface area contributed by atoms with Crippen LogP contribution in [0, 0.1) is 12.3 Å². The normalized spacial score (nSPS) is 11.4. The highest BCUT2D eigenvalue weighted by Gasteiger charge is 2.21. The van der Waals surface area contributed by atoms with E-state index < -0.39 is 21.5 Å². The van der Waals surface area contributed by atoms with Crippen LogP contribution in [0.1, 0.15) is 26.5 Å². The fourth-order valence-electron chi connectivity index (χ4n) is 2.76. The van der Waals surface area contributed by atoms with Gasteiger partial charge < -0.3 is 10.6 Å². The van der Waals surface area contributed by atoms with E-state index >= 15 is 0 Å². The number of carbonyl (C=O) groups excluding carboxylic acids is 2.